The monoisotopic (exact) mass is 456 g/mol. The zero-order valence-corrected chi connectivity index (χ0v) is 18.9. The molecule has 1 atom stereocenters. The Labute approximate surface area is 198 Å². The number of benzene rings is 2. The molecule has 4 aromatic rings. The SMILES string of the molecule is O=C(O)C(c1c[nH]c2cc(OCc3ccccc3)ccc12)N1CCN(Cc2ccccn2)CC1. The second-order valence-corrected chi connectivity index (χ2v) is 8.60. The molecule has 5 rings (SSSR count). The maximum Gasteiger partial charge on any atom is 0.325 e. The second kappa shape index (κ2) is 10.1. The molecule has 1 saturated heterocycles. The van der Waals surface area contributed by atoms with E-state index in [9.17, 15) is 9.90 Å². The number of aromatic amines is 1. The van der Waals surface area contributed by atoms with Gasteiger partial charge in [0.15, 0.2) is 0 Å². The van der Waals surface area contributed by atoms with Crippen LogP contribution < -0.4 is 4.74 Å². The number of hydrogen-bond acceptors (Lipinski definition) is 5. The summed E-state index contributed by atoms with van der Waals surface area (Å²) in [5.41, 5.74) is 3.80. The summed E-state index contributed by atoms with van der Waals surface area (Å²) < 4.78 is 5.94. The summed E-state index contributed by atoms with van der Waals surface area (Å²) in [6, 6.07) is 21.1. The van der Waals surface area contributed by atoms with Gasteiger partial charge in [-0.2, -0.15) is 0 Å². The molecule has 7 heteroatoms. The lowest BCUT2D eigenvalue weighted by Crippen LogP contribution is -2.48. The molecule has 0 saturated carbocycles. The molecule has 1 fully saturated rings. The van der Waals surface area contributed by atoms with Crippen LogP contribution in [0.1, 0.15) is 22.9 Å². The van der Waals surface area contributed by atoms with Crippen LogP contribution in [-0.4, -0.2) is 57.0 Å². The summed E-state index contributed by atoms with van der Waals surface area (Å²) in [5.74, 6) is -0.0803. The fraction of sp³-hybridized carbons (Fsp3) is 0.259. The van der Waals surface area contributed by atoms with E-state index in [1.807, 2.05) is 72.9 Å². The Kier molecular flexibility index (Phi) is 6.56. The van der Waals surface area contributed by atoms with Gasteiger partial charge in [-0.05, 0) is 29.8 Å². The Morgan fingerprint density at radius 1 is 1.03 bits per heavy atom. The lowest BCUT2D eigenvalue weighted by molar-refractivity contribution is -0.144. The average molecular weight is 457 g/mol. The van der Waals surface area contributed by atoms with Crippen LogP contribution in [0.2, 0.25) is 0 Å². The first kappa shape index (κ1) is 22.1. The summed E-state index contributed by atoms with van der Waals surface area (Å²) in [5, 5.41) is 11.0. The number of carboxylic acid groups (broad SMARTS) is 1. The summed E-state index contributed by atoms with van der Waals surface area (Å²) in [6.45, 7) is 4.26. The minimum Gasteiger partial charge on any atom is -0.489 e. The van der Waals surface area contributed by atoms with Crippen LogP contribution in [-0.2, 0) is 17.9 Å². The van der Waals surface area contributed by atoms with E-state index in [0.29, 0.717) is 19.7 Å². The average Bonchev–Trinajstić information content (AvgIpc) is 3.28. The van der Waals surface area contributed by atoms with Crippen LogP contribution in [0.25, 0.3) is 10.9 Å². The van der Waals surface area contributed by atoms with E-state index < -0.39 is 12.0 Å². The van der Waals surface area contributed by atoms with E-state index in [1.165, 1.54) is 0 Å². The molecular weight excluding hydrogens is 428 g/mol. The number of carbonyl (C=O) groups is 1. The number of aromatic nitrogens is 2. The summed E-state index contributed by atoms with van der Waals surface area (Å²) in [6.07, 6.45) is 3.63. The van der Waals surface area contributed by atoms with Crippen molar-refractivity contribution < 1.29 is 14.6 Å². The van der Waals surface area contributed by atoms with Crippen molar-refractivity contribution >= 4 is 16.9 Å². The Morgan fingerprint density at radius 2 is 1.82 bits per heavy atom. The van der Waals surface area contributed by atoms with E-state index in [1.54, 1.807) is 6.20 Å². The van der Waals surface area contributed by atoms with Gasteiger partial charge >= 0.3 is 5.97 Å². The Balaban J connectivity index is 1.27. The highest BCUT2D eigenvalue weighted by molar-refractivity contribution is 5.90. The summed E-state index contributed by atoms with van der Waals surface area (Å²) >= 11 is 0. The molecule has 1 aliphatic heterocycles. The van der Waals surface area contributed by atoms with Crippen LogP contribution >= 0.6 is 0 Å². The summed E-state index contributed by atoms with van der Waals surface area (Å²) in [7, 11) is 0. The van der Waals surface area contributed by atoms with Crippen LogP contribution in [0.15, 0.2) is 79.1 Å². The van der Waals surface area contributed by atoms with E-state index in [2.05, 4.69) is 19.8 Å². The molecule has 0 amide bonds. The van der Waals surface area contributed by atoms with Gasteiger partial charge in [-0.1, -0.05) is 36.4 Å². The third kappa shape index (κ3) is 4.95. The first-order chi connectivity index (χ1) is 16.7. The number of pyridine rings is 1. The molecule has 0 radical (unpaired) electrons. The van der Waals surface area contributed by atoms with Gasteiger partial charge in [0, 0.05) is 67.7 Å². The zero-order valence-electron chi connectivity index (χ0n) is 18.9. The lowest BCUT2D eigenvalue weighted by Gasteiger charge is -2.37. The quantitative estimate of drug-likeness (QED) is 0.416. The molecule has 7 nitrogen and oxygen atoms in total. The zero-order chi connectivity index (χ0) is 23.3. The standard InChI is InChI=1S/C27H28N4O3/c32-27(33)26(31-14-12-30(13-15-31)18-21-8-4-5-11-28-21)24-17-29-25-16-22(9-10-23(24)25)34-19-20-6-2-1-3-7-20/h1-11,16-17,26,29H,12-15,18-19H2,(H,32,33). The fourth-order valence-electron chi connectivity index (χ4n) is 4.57. The highest BCUT2D eigenvalue weighted by Crippen LogP contribution is 2.31. The summed E-state index contributed by atoms with van der Waals surface area (Å²) in [4.78, 5) is 24.4. The maximum absolute atomic E-state index is 12.3. The van der Waals surface area contributed by atoms with Gasteiger partial charge in [0.25, 0.3) is 0 Å². The van der Waals surface area contributed by atoms with Gasteiger partial charge in [-0.15, -0.1) is 0 Å². The molecule has 0 spiro atoms. The highest BCUT2D eigenvalue weighted by atomic mass is 16.5. The van der Waals surface area contributed by atoms with Gasteiger partial charge in [-0.3, -0.25) is 19.6 Å². The number of carboxylic acids is 1. The first-order valence-corrected chi connectivity index (χ1v) is 11.5. The number of ether oxygens (including phenoxy) is 1. The van der Waals surface area contributed by atoms with Gasteiger partial charge in [-0.25, -0.2) is 0 Å². The predicted octanol–water partition coefficient (Wildman–Crippen LogP) is 4.09. The van der Waals surface area contributed by atoms with Crippen molar-refractivity contribution in [2.45, 2.75) is 19.2 Å². The number of H-pyrrole nitrogens is 1. The Hall–Kier alpha value is -3.68. The van der Waals surface area contributed by atoms with Crippen molar-refractivity contribution in [3.63, 3.8) is 0 Å². The van der Waals surface area contributed by atoms with Crippen molar-refractivity contribution in [3.05, 3.63) is 95.9 Å². The molecule has 0 aliphatic carbocycles. The predicted molar refractivity (Wildman–Crippen MR) is 131 cm³/mol. The normalized spacial score (nSPS) is 15.9. The molecule has 3 heterocycles. The molecule has 1 aliphatic rings. The van der Waals surface area contributed by atoms with Gasteiger partial charge in [0.05, 0.1) is 5.69 Å². The van der Waals surface area contributed by atoms with E-state index in [0.717, 1.165) is 53.1 Å². The number of nitrogens with one attached hydrogen (secondary N) is 1. The van der Waals surface area contributed by atoms with Crippen LogP contribution in [0.4, 0.5) is 0 Å². The number of rotatable bonds is 8. The molecule has 2 N–H and O–H groups in total. The highest BCUT2D eigenvalue weighted by Gasteiger charge is 2.32. The van der Waals surface area contributed by atoms with Gasteiger partial charge < -0.3 is 14.8 Å². The van der Waals surface area contributed by atoms with Crippen LogP contribution in [0.3, 0.4) is 0 Å². The van der Waals surface area contributed by atoms with Crippen molar-refractivity contribution in [2.24, 2.45) is 0 Å². The van der Waals surface area contributed by atoms with Crippen LogP contribution in [0, 0.1) is 0 Å². The van der Waals surface area contributed by atoms with Crippen molar-refractivity contribution in [3.8, 4) is 5.75 Å². The molecule has 0 bridgehead atoms. The third-order valence-corrected chi connectivity index (χ3v) is 6.35. The van der Waals surface area contributed by atoms with Crippen molar-refractivity contribution in [1.82, 2.24) is 19.8 Å². The number of aliphatic carboxylic acids is 1. The topological polar surface area (TPSA) is 81.7 Å². The molecule has 2 aromatic heterocycles. The van der Waals surface area contributed by atoms with Gasteiger partial charge in [0.2, 0.25) is 0 Å². The number of hydrogen-bond donors (Lipinski definition) is 2. The fourth-order valence-corrected chi connectivity index (χ4v) is 4.57. The first-order valence-electron chi connectivity index (χ1n) is 11.5. The second-order valence-electron chi connectivity index (χ2n) is 8.60. The third-order valence-electron chi connectivity index (χ3n) is 6.35. The van der Waals surface area contributed by atoms with E-state index in [-0.39, 0.29) is 0 Å². The Bertz CT molecular complexity index is 1230. The molecule has 174 valence electrons. The maximum atomic E-state index is 12.3. The number of piperazine rings is 1. The lowest BCUT2D eigenvalue weighted by atomic mass is 10.0. The molecule has 2 aromatic carbocycles. The van der Waals surface area contributed by atoms with E-state index >= 15 is 0 Å². The van der Waals surface area contributed by atoms with Gasteiger partial charge in [0.1, 0.15) is 18.4 Å². The minimum absolute atomic E-state index is 0.487. The molecular formula is C27H28N4O3. The molecule has 34 heavy (non-hydrogen) atoms. The molecule has 1 unspecified atom stereocenters. The number of nitrogens with zero attached hydrogens (tertiary/aromatic N) is 3. The smallest absolute Gasteiger partial charge is 0.325 e. The van der Waals surface area contributed by atoms with E-state index in [4.69, 9.17) is 4.74 Å². The van der Waals surface area contributed by atoms with Crippen LogP contribution in [0.5, 0.6) is 5.75 Å². The van der Waals surface area contributed by atoms with Crippen molar-refractivity contribution in [1.29, 1.82) is 0 Å². The largest absolute Gasteiger partial charge is 0.489 e. The number of fused-ring (bicyclic) bond motifs is 1. The van der Waals surface area contributed by atoms with Crippen molar-refractivity contribution in [2.75, 3.05) is 26.2 Å². The minimum atomic E-state index is -0.830. The Morgan fingerprint density at radius 3 is 2.56 bits per heavy atom.